The number of halogens is 6. The Labute approximate surface area is 196 Å². The van der Waals surface area contributed by atoms with Crippen LogP contribution in [-0.2, 0) is 12.7 Å². The minimum atomic E-state index is -4.90. The van der Waals surface area contributed by atoms with Crippen molar-refractivity contribution < 1.29 is 35.9 Å². The molecule has 1 aliphatic rings. The summed E-state index contributed by atoms with van der Waals surface area (Å²) in [6, 6.07) is 13.8. The van der Waals surface area contributed by atoms with Gasteiger partial charge in [-0.2, -0.15) is 18.3 Å². The number of rotatable bonds is 5. The van der Waals surface area contributed by atoms with Crippen molar-refractivity contribution in [1.82, 2.24) is 19.6 Å². The molecule has 3 aromatic rings. The van der Waals surface area contributed by atoms with Crippen molar-refractivity contribution in [2.75, 3.05) is 26.2 Å². The van der Waals surface area contributed by atoms with Crippen LogP contribution in [-0.4, -0.2) is 58.0 Å². The second-order valence-electron chi connectivity index (χ2n) is 7.93. The number of benzene rings is 2. The molecule has 1 amide bonds. The lowest BCUT2D eigenvalue weighted by Gasteiger charge is -2.34. The average molecular weight is 498 g/mol. The van der Waals surface area contributed by atoms with Gasteiger partial charge in [-0.25, -0.2) is 4.68 Å². The topological polar surface area (TPSA) is 50.6 Å². The Morgan fingerprint density at radius 2 is 1.51 bits per heavy atom. The van der Waals surface area contributed by atoms with Crippen molar-refractivity contribution in [3.05, 3.63) is 77.6 Å². The number of ether oxygens (including phenoxy) is 1. The SMILES string of the molecule is O=C(c1cn(-c2ccc(OC(F)(F)F)cc2)nc1C(F)(F)F)N1CCN(Cc2ccccc2)CC1. The highest BCUT2D eigenvalue weighted by atomic mass is 19.4. The Morgan fingerprint density at radius 3 is 2.09 bits per heavy atom. The third-order valence-electron chi connectivity index (χ3n) is 5.46. The van der Waals surface area contributed by atoms with Gasteiger partial charge in [-0.1, -0.05) is 30.3 Å². The summed E-state index contributed by atoms with van der Waals surface area (Å²) >= 11 is 0. The summed E-state index contributed by atoms with van der Waals surface area (Å²) in [4.78, 5) is 16.5. The van der Waals surface area contributed by atoms with Crippen molar-refractivity contribution in [2.45, 2.75) is 19.1 Å². The molecule has 0 spiro atoms. The van der Waals surface area contributed by atoms with Gasteiger partial charge in [0, 0.05) is 38.9 Å². The number of alkyl halides is 6. The summed E-state index contributed by atoms with van der Waals surface area (Å²) in [5, 5.41) is 3.51. The predicted octanol–water partition coefficient (Wildman–Crippen LogP) is 4.75. The minimum absolute atomic E-state index is 0.0387. The van der Waals surface area contributed by atoms with Gasteiger partial charge >= 0.3 is 12.5 Å². The number of carbonyl (C=O) groups excluding carboxylic acids is 1. The second-order valence-corrected chi connectivity index (χ2v) is 7.93. The Bertz CT molecular complexity index is 1150. The van der Waals surface area contributed by atoms with Gasteiger partial charge in [0.2, 0.25) is 0 Å². The van der Waals surface area contributed by atoms with Gasteiger partial charge < -0.3 is 9.64 Å². The molecule has 0 N–H and O–H groups in total. The highest BCUT2D eigenvalue weighted by molar-refractivity contribution is 5.95. The molecule has 35 heavy (non-hydrogen) atoms. The number of aromatic nitrogens is 2. The fraction of sp³-hybridized carbons (Fsp3) is 0.304. The summed E-state index contributed by atoms with van der Waals surface area (Å²) in [6.07, 6.45) is -8.85. The van der Waals surface area contributed by atoms with E-state index in [4.69, 9.17) is 0 Å². The van der Waals surface area contributed by atoms with Crippen LogP contribution >= 0.6 is 0 Å². The molecule has 2 aromatic carbocycles. The normalized spacial score (nSPS) is 15.3. The van der Waals surface area contributed by atoms with Crippen LogP contribution in [0.3, 0.4) is 0 Å². The lowest BCUT2D eigenvalue weighted by molar-refractivity contribution is -0.274. The van der Waals surface area contributed by atoms with Gasteiger partial charge in [0.25, 0.3) is 5.91 Å². The molecular formula is C23H20F6N4O2. The largest absolute Gasteiger partial charge is 0.573 e. The van der Waals surface area contributed by atoms with E-state index in [0.29, 0.717) is 19.6 Å². The fourth-order valence-corrected chi connectivity index (χ4v) is 3.79. The van der Waals surface area contributed by atoms with E-state index in [1.807, 2.05) is 30.3 Å². The minimum Gasteiger partial charge on any atom is -0.406 e. The van der Waals surface area contributed by atoms with Gasteiger partial charge in [0.05, 0.1) is 11.3 Å². The average Bonchev–Trinajstić information content (AvgIpc) is 3.25. The van der Waals surface area contributed by atoms with E-state index in [1.54, 1.807) is 0 Å². The molecule has 0 atom stereocenters. The van der Waals surface area contributed by atoms with Crippen molar-refractivity contribution in [1.29, 1.82) is 0 Å². The van der Waals surface area contributed by atoms with E-state index >= 15 is 0 Å². The van der Waals surface area contributed by atoms with Crippen molar-refractivity contribution in [3.8, 4) is 11.4 Å². The fourth-order valence-electron chi connectivity index (χ4n) is 3.79. The lowest BCUT2D eigenvalue weighted by atomic mass is 10.1. The molecule has 1 aromatic heterocycles. The summed E-state index contributed by atoms with van der Waals surface area (Å²) in [5.74, 6) is -1.34. The van der Waals surface area contributed by atoms with Crippen LogP contribution in [0, 0.1) is 0 Å². The van der Waals surface area contributed by atoms with Crippen LogP contribution in [0.5, 0.6) is 5.75 Å². The molecule has 186 valence electrons. The van der Waals surface area contributed by atoms with Crippen molar-refractivity contribution in [3.63, 3.8) is 0 Å². The maximum absolute atomic E-state index is 13.7. The van der Waals surface area contributed by atoms with E-state index in [9.17, 15) is 31.1 Å². The van der Waals surface area contributed by atoms with Crippen LogP contribution in [0.25, 0.3) is 5.69 Å². The van der Waals surface area contributed by atoms with Crippen molar-refractivity contribution >= 4 is 5.91 Å². The highest BCUT2D eigenvalue weighted by Gasteiger charge is 2.40. The molecule has 12 heteroatoms. The van der Waals surface area contributed by atoms with E-state index < -0.39 is 35.5 Å². The van der Waals surface area contributed by atoms with Gasteiger partial charge in [-0.05, 0) is 29.8 Å². The van der Waals surface area contributed by atoms with Crippen LogP contribution < -0.4 is 4.74 Å². The summed E-state index contributed by atoms with van der Waals surface area (Å²) < 4.78 is 82.6. The molecule has 0 aliphatic carbocycles. The van der Waals surface area contributed by atoms with Crippen LogP contribution in [0.2, 0.25) is 0 Å². The quantitative estimate of drug-likeness (QED) is 0.477. The zero-order chi connectivity index (χ0) is 25.2. The monoisotopic (exact) mass is 498 g/mol. The Balaban J connectivity index is 1.49. The van der Waals surface area contributed by atoms with Crippen LogP contribution in [0.1, 0.15) is 21.6 Å². The molecule has 0 unspecified atom stereocenters. The van der Waals surface area contributed by atoms with Crippen molar-refractivity contribution in [2.24, 2.45) is 0 Å². The van der Waals surface area contributed by atoms with Crippen LogP contribution in [0.15, 0.2) is 60.8 Å². The molecule has 1 saturated heterocycles. The van der Waals surface area contributed by atoms with E-state index in [2.05, 4.69) is 14.7 Å². The zero-order valence-electron chi connectivity index (χ0n) is 18.2. The molecular weight excluding hydrogens is 478 g/mol. The van der Waals surface area contributed by atoms with E-state index in [1.165, 1.54) is 4.90 Å². The number of piperazine rings is 1. The first-order valence-electron chi connectivity index (χ1n) is 10.6. The maximum atomic E-state index is 13.7. The van der Waals surface area contributed by atoms with E-state index in [-0.39, 0.29) is 18.8 Å². The van der Waals surface area contributed by atoms with Gasteiger partial charge in [0.1, 0.15) is 5.75 Å². The van der Waals surface area contributed by atoms with E-state index in [0.717, 1.165) is 40.7 Å². The lowest BCUT2D eigenvalue weighted by Crippen LogP contribution is -2.48. The third kappa shape index (κ3) is 6.13. The molecule has 6 nitrogen and oxygen atoms in total. The smallest absolute Gasteiger partial charge is 0.406 e. The first-order chi connectivity index (χ1) is 16.5. The molecule has 4 rings (SSSR count). The number of amides is 1. The summed E-state index contributed by atoms with van der Waals surface area (Å²) in [7, 11) is 0. The third-order valence-corrected chi connectivity index (χ3v) is 5.46. The Morgan fingerprint density at radius 1 is 0.886 bits per heavy atom. The Kier molecular flexibility index (Phi) is 6.75. The first kappa shape index (κ1) is 24.6. The van der Waals surface area contributed by atoms with Gasteiger partial charge in [0.15, 0.2) is 5.69 Å². The zero-order valence-corrected chi connectivity index (χ0v) is 18.2. The summed E-state index contributed by atoms with van der Waals surface area (Å²) in [5.41, 5.74) is -0.842. The Hall–Kier alpha value is -3.54. The number of nitrogens with zero attached hydrogens (tertiary/aromatic N) is 4. The number of hydrogen-bond acceptors (Lipinski definition) is 4. The molecule has 2 heterocycles. The molecule has 0 saturated carbocycles. The molecule has 1 fully saturated rings. The summed E-state index contributed by atoms with van der Waals surface area (Å²) in [6.45, 7) is 2.16. The molecule has 0 bridgehead atoms. The molecule has 1 aliphatic heterocycles. The van der Waals surface area contributed by atoms with Gasteiger partial charge in [-0.15, -0.1) is 13.2 Å². The predicted molar refractivity (Wildman–Crippen MR) is 113 cm³/mol. The van der Waals surface area contributed by atoms with Gasteiger partial charge in [-0.3, -0.25) is 9.69 Å². The standard InChI is InChI=1S/C23H20F6N4O2/c24-22(25,26)20-19(15-33(30-20)17-6-8-18(9-7-17)35-23(27,28)29)21(34)32-12-10-31(11-13-32)14-16-4-2-1-3-5-16/h1-9,15H,10-14H2. The maximum Gasteiger partial charge on any atom is 0.573 e. The molecule has 0 radical (unpaired) electrons. The highest BCUT2D eigenvalue weighted by Crippen LogP contribution is 2.32. The number of hydrogen-bond donors (Lipinski definition) is 0. The first-order valence-corrected chi connectivity index (χ1v) is 10.6. The number of carbonyl (C=O) groups is 1. The second kappa shape index (κ2) is 9.61. The van der Waals surface area contributed by atoms with Crippen LogP contribution in [0.4, 0.5) is 26.3 Å².